The van der Waals surface area contributed by atoms with Gasteiger partial charge in [0, 0.05) is 37.1 Å². The molecule has 2 aromatic heterocycles. The first-order chi connectivity index (χ1) is 15.2. The standard InChI is InChI=1S/C23H23N5O3/c1-16-6-8-17(9-7-16)23-24-21(31-26-23)15-27-10-12-28(13-11-27)22(29)14-19-18-4-2-3-5-20(18)30-25-19/h2-9H,10-15H2,1H3. The summed E-state index contributed by atoms with van der Waals surface area (Å²) in [7, 11) is 0. The maximum atomic E-state index is 12.7. The van der Waals surface area contributed by atoms with Crippen molar-refractivity contribution in [2.24, 2.45) is 0 Å². The van der Waals surface area contributed by atoms with E-state index in [0.717, 1.165) is 24.0 Å². The minimum Gasteiger partial charge on any atom is -0.356 e. The van der Waals surface area contributed by atoms with Crippen molar-refractivity contribution in [2.45, 2.75) is 19.9 Å². The maximum absolute atomic E-state index is 12.7. The van der Waals surface area contributed by atoms with Crippen molar-refractivity contribution < 1.29 is 13.8 Å². The number of aryl methyl sites for hydroxylation is 1. The van der Waals surface area contributed by atoms with Crippen LogP contribution in [0.4, 0.5) is 0 Å². The van der Waals surface area contributed by atoms with Crippen molar-refractivity contribution in [1.29, 1.82) is 0 Å². The molecule has 31 heavy (non-hydrogen) atoms. The highest BCUT2D eigenvalue weighted by molar-refractivity contribution is 5.86. The minimum atomic E-state index is 0.0677. The van der Waals surface area contributed by atoms with E-state index in [1.165, 1.54) is 5.56 Å². The highest BCUT2D eigenvalue weighted by Crippen LogP contribution is 2.20. The molecule has 1 fully saturated rings. The molecule has 2 aromatic carbocycles. The molecule has 3 heterocycles. The van der Waals surface area contributed by atoms with Crippen LogP contribution in [0.3, 0.4) is 0 Å². The molecule has 8 heteroatoms. The number of nitrogens with zero attached hydrogens (tertiary/aromatic N) is 5. The predicted octanol–water partition coefficient (Wildman–Crippen LogP) is 3.07. The van der Waals surface area contributed by atoms with E-state index >= 15 is 0 Å². The number of para-hydroxylation sites is 1. The summed E-state index contributed by atoms with van der Waals surface area (Å²) in [4.78, 5) is 21.4. The van der Waals surface area contributed by atoms with E-state index in [9.17, 15) is 4.79 Å². The van der Waals surface area contributed by atoms with Crippen molar-refractivity contribution in [3.05, 3.63) is 65.7 Å². The maximum Gasteiger partial charge on any atom is 0.241 e. The summed E-state index contributed by atoms with van der Waals surface area (Å²) in [6, 6.07) is 15.7. The van der Waals surface area contributed by atoms with E-state index in [1.54, 1.807) is 0 Å². The smallest absolute Gasteiger partial charge is 0.241 e. The van der Waals surface area contributed by atoms with Gasteiger partial charge in [0.05, 0.1) is 13.0 Å². The van der Waals surface area contributed by atoms with Crippen LogP contribution in [-0.4, -0.2) is 57.2 Å². The van der Waals surface area contributed by atoms with Gasteiger partial charge in [-0.25, -0.2) is 0 Å². The van der Waals surface area contributed by atoms with Crippen molar-refractivity contribution in [3.8, 4) is 11.4 Å². The molecular formula is C23H23N5O3. The molecule has 1 amide bonds. The Bertz CT molecular complexity index is 1190. The number of carbonyl (C=O) groups excluding carboxylic acids is 1. The molecular weight excluding hydrogens is 394 g/mol. The molecule has 5 rings (SSSR count). The lowest BCUT2D eigenvalue weighted by Crippen LogP contribution is -2.48. The summed E-state index contributed by atoms with van der Waals surface area (Å²) in [6.45, 7) is 5.46. The predicted molar refractivity (Wildman–Crippen MR) is 114 cm³/mol. The Kier molecular flexibility index (Phi) is 5.21. The van der Waals surface area contributed by atoms with Crippen LogP contribution < -0.4 is 0 Å². The highest BCUT2D eigenvalue weighted by atomic mass is 16.5. The second-order valence-corrected chi connectivity index (χ2v) is 7.84. The number of aromatic nitrogens is 3. The molecule has 0 aliphatic carbocycles. The summed E-state index contributed by atoms with van der Waals surface area (Å²) in [5.41, 5.74) is 3.53. The van der Waals surface area contributed by atoms with Crippen LogP contribution in [0.1, 0.15) is 17.1 Å². The second kappa shape index (κ2) is 8.31. The Morgan fingerprint density at radius 1 is 0.968 bits per heavy atom. The summed E-state index contributed by atoms with van der Waals surface area (Å²) >= 11 is 0. The Morgan fingerprint density at radius 3 is 2.55 bits per heavy atom. The Labute approximate surface area is 179 Å². The summed E-state index contributed by atoms with van der Waals surface area (Å²) in [5, 5.41) is 9.07. The zero-order chi connectivity index (χ0) is 21.2. The normalized spacial score (nSPS) is 14.9. The van der Waals surface area contributed by atoms with Gasteiger partial charge in [0.25, 0.3) is 0 Å². The van der Waals surface area contributed by atoms with Crippen molar-refractivity contribution in [2.75, 3.05) is 26.2 Å². The molecule has 0 spiro atoms. The quantitative estimate of drug-likeness (QED) is 0.493. The lowest BCUT2D eigenvalue weighted by Gasteiger charge is -2.33. The van der Waals surface area contributed by atoms with E-state index in [0.29, 0.717) is 42.6 Å². The summed E-state index contributed by atoms with van der Waals surface area (Å²) in [5.74, 6) is 1.26. The molecule has 1 saturated heterocycles. The molecule has 158 valence electrons. The van der Waals surface area contributed by atoms with Crippen LogP contribution >= 0.6 is 0 Å². The van der Waals surface area contributed by atoms with Gasteiger partial charge in [0.15, 0.2) is 5.58 Å². The molecule has 0 radical (unpaired) electrons. The van der Waals surface area contributed by atoms with Gasteiger partial charge in [-0.1, -0.05) is 52.3 Å². The molecule has 0 N–H and O–H groups in total. The molecule has 0 saturated carbocycles. The minimum absolute atomic E-state index is 0.0677. The first kappa shape index (κ1) is 19.4. The molecule has 8 nitrogen and oxygen atoms in total. The number of amides is 1. The van der Waals surface area contributed by atoms with Crippen molar-refractivity contribution in [1.82, 2.24) is 25.1 Å². The van der Waals surface area contributed by atoms with Crippen LogP contribution in [0.25, 0.3) is 22.4 Å². The topological polar surface area (TPSA) is 88.5 Å². The molecule has 4 aromatic rings. The van der Waals surface area contributed by atoms with Gasteiger partial charge >= 0.3 is 0 Å². The SMILES string of the molecule is Cc1ccc(-c2noc(CN3CCN(C(=O)Cc4noc5ccccc45)CC3)n2)cc1. The number of carbonyl (C=O) groups is 1. The zero-order valence-corrected chi connectivity index (χ0v) is 17.3. The van der Waals surface area contributed by atoms with Gasteiger partial charge in [-0.15, -0.1) is 0 Å². The molecule has 0 bridgehead atoms. The number of benzene rings is 2. The van der Waals surface area contributed by atoms with E-state index in [2.05, 4.69) is 20.2 Å². The average Bonchev–Trinajstić information content (AvgIpc) is 3.42. The first-order valence-electron chi connectivity index (χ1n) is 10.4. The van der Waals surface area contributed by atoms with Crippen LogP contribution in [0, 0.1) is 6.92 Å². The van der Waals surface area contributed by atoms with Gasteiger partial charge in [-0.05, 0) is 19.1 Å². The third-order valence-corrected chi connectivity index (χ3v) is 5.63. The molecule has 1 aliphatic rings. The Balaban J connectivity index is 1.15. The lowest BCUT2D eigenvalue weighted by molar-refractivity contribution is -0.132. The van der Waals surface area contributed by atoms with Crippen LogP contribution in [0.15, 0.2) is 57.6 Å². The summed E-state index contributed by atoms with van der Waals surface area (Å²) < 4.78 is 10.7. The molecule has 0 unspecified atom stereocenters. The van der Waals surface area contributed by atoms with Gasteiger partial charge in [-0.3, -0.25) is 9.69 Å². The molecule has 0 atom stereocenters. The number of piperazine rings is 1. The highest BCUT2D eigenvalue weighted by Gasteiger charge is 2.24. The Hall–Kier alpha value is -3.52. The van der Waals surface area contributed by atoms with Gasteiger partial charge in [0.2, 0.25) is 17.6 Å². The fourth-order valence-electron chi connectivity index (χ4n) is 3.81. The third-order valence-electron chi connectivity index (χ3n) is 5.63. The fourth-order valence-corrected chi connectivity index (χ4v) is 3.81. The van der Waals surface area contributed by atoms with E-state index in [-0.39, 0.29) is 12.3 Å². The monoisotopic (exact) mass is 417 g/mol. The van der Waals surface area contributed by atoms with Crippen LogP contribution in [0.5, 0.6) is 0 Å². The first-order valence-corrected chi connectivity index (χ1v) is 10.4. The summed E-state index contributed by atoms with van der Waals surface area (Å²) in [6.07, 6.45) is 0.251. The van der Waals surface area contributed by atoms with Gasteiger partial charge in [-0.2, -0.15) is 4.98 Å². The Morgan fingerprint density at radius 2 is 1.74 bits per heavy atom. The van der Waals surface area contributed by atoms with E-state index < -0.39 is 0 Å². The fraction of sp³-hybridized carbons (Fsp3) is 0.304. The van der Waals surface area contributed by atoms with Crippen molar-refractivity contribution in [3.63, 3.8) is 0 Å². The lowest BCUT2D eigenvalue weighted by atomic mass is 10.1. The van der Waals surface area contributed by atoms with E-state index in [1.807, 2.05) is 60.4 Å². The number of hydrogen-bond donors (Lipinski definition) is 0. The zero-order valence-electron chi connectivity index (χ0n) is 17.3. The molecule has 1 aliphatic heterocycles. The van der Waals surface area contributed by atoms with Crippen LogP contribution in [0.2, 0.25) is 0 Å². The van der Waals surface area contributed by atoms with Gasteiger partial charge < -0.3 is 13.9 Å². The average molecular weight is 417 g/mol. The second-order valence-electron chi connectivity index (χ2n) is 7.84. The third kappa shape index (κ3) is 4.20. The number of hydrogen-bond acceptors (Lipinski definition) is 7. The number of fused-ring (bicyclic) bond motifs is 1. The number of rotatable bonds is 5. The van der Waals surface area contributed by atoms with Crippen molar-refractivity contribution >= 4 is 16.9 Å². The van der Waals surface area contributed by atoms with Crippen LogP contribution in [-0.2, 0) is 17.8 Å². The van der Waals surface area contributed by atoms with E-state index in [4.69, 9.17) is 9.05 Å². The largest absolute Gasteiger partial charge is 0.356 e. The van der Waals surface area contributed by atoms with Gasteiger partial charge in [0.1, 0.15) is 5.69 Å².